The zero-order chi connectivity index (χ0) is 18.2. The van der Waals surface area contributed by atoms with Gasteiger partial charge in [-0.05, 0) is 54.8 Å². The Morgan fingerprint density at radius 2 is 1.84 bits per heavy atom. The Kier molecular flexibility index (Phi) is 6.02. The summed E-state index contributed by atoms with van der Waals surface area (Å²) in [4.78, 5) is 12.2. The Morgan fingerprint density at radius 1 is 1.16 bits per heavy atom. The molecule has 0 aliphatic rings. The number of phenols is 2. The monoisotopic (exact) mass is 337 g/mol. The lowest BCUT2D eigenvalue weighted by molar-refractivity contribution is -0.112. The predicted octanol–water partition coefficient (Wildman–Crippen LogP) is 2.58. The van der Waals surface area contributed by atoms with Gasteiger partial charge in [-0.1, -0.05) is 12.1 Å². The molecule has 25 heavy (non-hydrogen) atoms. The predicted molar refractivity (Wildman–Crippen MR) is 95.0 cm³/mol. The number of anilines is 1. The summed E-state index contributed by atoms with van der Waals surface area (Å²) in [7, 11) is 0. The van der Waals surface area contributed by atoms with Gasteiger partial charge in [0.05, 0.1) is 0 Å². The number of rotatable bonds is 6. The number of amides is 1. The summed E-state index contributed by atoms with van der Waals surface area (Å²) < 4.78 is 0. The Bertz CT molecular complexity index is 821. The Labute approximate surface area is 146 Å². The van der Waals surface area contributed by atoms with Crippen LogP contribution in [0.5, 0.6) is 11.5 Å². The second-order valence-electron chi connectivity index (χ2n) is 5.49. The molecule has 0 aliphatic heterocycles. The molecule has 0 aromatic heterocycles. The largest absolute Gasteiger partial charge is 0.508 e. The van der Waals surface area contributed by atoms with Gasteiger partial charge in [0.1, 0.15) is 23.1 Å². The average molecular weight is 337 g/mol. The lowest BCUT2D eigenvalue weighted by atomic mass is 10.1. The maximum atomic E-state index is 12.2. The van der Waals surface area contributed by atoms with Crippen molar-refractivity contribution in [2.24, 2.45) is 0 Å². The molecule has 0 radical (unpaired) electrons. The minimum absolute atomic E-state index is 0.0434. The molecule has 0 spiro atoms. The van der Waals surface area contributed by atoms with E-state index in [-0.39, 0.29) is 17.1 Å². The van der Waals surface area contributed by atoms with Crippen LogP contribution in [0.3, 0.4) is 0 Å². The van der Waals surface area contributed by atoms with Crippen molar-refractivity contribution in [3.63, 3.8) is 0 Å². The van der Waals surface area contributed by atoms with Gasteiger partial charge < -0.3 is 20.8 Å². The van der Waals surface area contributed by atoms with Crippen LogP contribution >= 0.6 is 0 Å². The van der Waals surface area contributed by atoms with E-state index in [0.717, 1.165) is 5.56 Å². The minimum Gasteiger partial charge on any atom is -0.508 e. The summed E-state index contributed by atoms with van der Waals surface area (Å²) in [6.07, 6.45) is 2.07. The number of carbonyl (C=O) groups excluding carboxylic acids is 1. The summed E-state index contributed by atoms with van der Waals surface area (Å²) in [5.74, 6) is -0.194. The molecule has 6 nitrogen and oxygen atoms in total. The fourth-order valence-corrected chi connectivity index (χ4v) is 2.18. The van der Waals surface area contributed by atoms with Gasteiger partial charge in [0.25, 0.3) is 5.91 Å². The van der Waals surface area contributed by atoms with Crippen LogP contribution in [-0.2, 0) is 11.2 Å². The molecule has 6 heteroatoms. The van der Waals surface area contributed by atoms with Crippen molar-refractivity contribution in [1.29, 1.82) is 5.26 Å². The summed E-state index contributed by atoms with van der Waals surface area (Å²) >= 11 is 0. The van der Waals surface area contributed by atoms with E-state index in [4.69, 9.17) is 5.26 Å². The molecule has 0 unspecified atom stereocenters. The topological polar surface area (TPSA) is 105 Å². The number of aromatic hydroxyl groups is 2. The van der Waals surface area contributed by atoms with Crippen LogP contribution < -0.4 is 10.6 Å². The van der Waals surface area contributed by atoms with E-state index in [1.165, 1.54) is 18.3 Å². The maximum Gasteiger partial charge on any atom is 0.267 e. The van der Waals surface area contributed by atoms with E-state index >= 15 is 0 Å². The lowest BCUT2D eigenvalue weighted by Crippen LogP contribution is -2.18. The van der Waals surface area contributed by atoms with Crippen molar-refractivity contribution in [1.82, 2.24) is 5.32 Å². The van der Waals surface area contributed by atoms with Gasteiger partial charge in [-0.15, -0.1) is 0 Å². The zero-order valence-electron chi connectivity index (χ0n) is 13.8. The lowest BCUT2D eigenvalue weighted by Gasteiger charge is -2.08. The highest BCUT2D eigenvalue weighted by atomic mass is 16.3. The van der Waals surface area contributed by atoms with Crippen LogP contribution in [0.2, 0.25) is 0 Å². The van der Waals surface area contributed by atoms with Crippen molar-refractivity contribution >= 4 is 11.6 Å². The molecule has 0 fully saturated rings. The van der Waals surface area contributed by atoms with Crippen LogP contribution in [0.15, 0.2) is 54.2 Å². The molecule has 0 aliphatic carbocycles. The summed E-state index contributed by atoms with van der Waals surface area (Å²) in [5, 5.41) is 33.3. The van der Waals surface area contributed by atoms with Crippen LogP contribution in [-0.4, -0.2) is 22.7 Å². The molecular formula is C19H19N3O3. The van der Waals surface area contributed by atoms with E-state index in [1.807, 2.05) is 18.2 Å². The average Bonchev–Trinajstić information content (AvgIpc) is 2.59. The van der Waals surface area contributed by atoms with Crippen molar-refractivity contribution in [2.75, 3.05) is 11.9 Å². The first kappa shape index (κ1) is 17.9. The number of nitrogens with one attached hydrogen (secondary N) is 2. The molecule has 0 saturated carbocycles. The third-order valence-corrected chi connectivity index (χ3v) is 3.56. The molecule has 4 N–H and O–H groups in total. The fourth-order valence-electron chi connectivity index (χ4n) is 2.18. The maximum absolute atomic E-state index is 12.2. The quantitative estimate of drug-likeness (QED) is 0.281. The summed E-state index contributed by atoms with van der Waals surface area (Å²) in [5.41, 5.74) is 2.22. The normalized spacial score (nSPS) is 10.8. The zero-order valence-corrected chi connectivity index (χ0v) is 13.8. The minimum atomic E-state index is -0.520. The van der Waals surface area contributed by atoms with Crippen molar-refractivity contribution in [3.8, 4) is 17.6 Å². The second kappa shape index (κ2) is 8.41. The van der Waals surface area contributed by atoms with Gasteiger partial charge in [0.2, 0.25) is 0 Å². The number of nitriles is 1. The van der Waals surface area contributed by atoms with Crippen LogP contribution in [0.4, 0.5) is 5.69 Å². The summed E-state index contributed by atoms with van der Waals surface area (Å²) in [6, 6.07) is 13.3. The van der Waals surface area contributed by atoms with Gasteiger partial charge >= 0.3 is 0 Å². The number of hydrogen-bond acceptors (Lipinski definition) is 5. The molecule has 2 aromatic rings. The molecular weight excluding hydrogens is 318 g/mol. The standard InChI is InChI=1S/C19H19N3O3/c1-13-10-17(24)6-7-18(13)22-19(25)15(11-20)12-21-9-8-14-2-4-16(23)5-3-14/h2-7,10,12,21,23-24H,8-9H2,1H3,(H,22,25)/b15-12-. The highest BCUT2D eigenvalue weighted by Gasteiger charge is 2.10. The molecule has 2 aromatic carbocycles. The third kappa shape index (κ3) is 5.29. The van der Waals surface area contributed by atoms with E-state index in [9.17, 15) is 15.0 Å². The van der Waals surface area contributed by atoms with Crippen LogP contribution in [0.25, 0.3) is 0 Å². The Morgan fingerprint density at radius 3 is 2.48 bits per heavy atom. The van der Waals surface area contributed by atoms with Crippen molar-refractivity contribution in [3.05, 3.63) is 65.4 Å². The third-order valence-electron chi connectivity index (χ3n) is 3.56. The second-order valence-corrected chi connectivity index (χ2v) is 5.49. The van der Waals surface area contributed by atoms with Gasteiger partial charge in [0.15, 0.2) is 0 Å². The first-order valence-corrected chi connectivity index (χ1v) is 7.72. The SMILES string of the molecule is Cc1cc(O)ccc1NC(=O)/C(C#N)=C\NCCc1ccc(O)cc1. The van der Waals surface area contributed by atoms with Gasteiger partial charge in [-0.25, -0.2) is 0 Å². The highest BCUT2D eigenvalue weighted by Crippen LogP contribution is 2.20. The van der Waals surface area contributed by atoms with Crippen LogP contribution in [0.1, 0.15) is 11.1 Å². The van der Waals surface area contributed by atoms with Gasteiger partial charge in [-0.2, -0.15) is 5.26 Å². The molecule has 0 heterocycles. The van der Waals surface area contributed by atoms with E-state index in [0.29, 0.717) is 24.2 Å². The van der Waals surface area contributed by atoms with E-state index in [1.54, 1.807) is 25.1 Å². The fraction of sp³-hybridized carbons (Fsp3) is 0.158. The molecule has 1 amide bonds. The number of phenolic OH excluding ortho intramolecular Hbond substituents is 2. The first-order valence-electron chi connectivity index (χ1n) is 7.72. The van der Waals surface area contributed by atoms with E-state index in [2.05, 4.69) is 10.6 Å². The van der Waals surface area contributed by atoms with Crippen molar-refractivity contribution in [2.45, 2.75) is 13.3 Å². The molecule has 2 rings (SSSR count). The number of nitrogens with zero attached hydrogens (tertiary/aromatic N) is 1. The Hall–Kier alpha value is -3.46. The summed E-state index contributed by atoms with van der Waals surface area (Å²) in [6.45, 7) is 2.29. The number of carbonyl (C=O) groups is 1. The molecule has 0 atom stereocenters. The molecule has 0 saturated heterocycles. The molecule has 128 valence electrons. The van der Waals surface area contributed by atoms with E-state index < -0.39 is 5.91 Å². The Balaban J connectivity index is 1.91. The number of hydrogen-bond donors (Lipinski definition) is 4. The number of aryl methyl sites for hydroxylation is 1. The highest BCUT2D eigenvalue weighted by molar-refractivity contribution is 6.06. The van der Waals surface area contributed by atoms with Crippen molar-refractivity contribution < 1.29 is 15.0 Å². The smallest absolute Gasteiger partial charge is 0.267 e. The van der Waals surface area contributed by atoms with Gasteiger partial charge in [-0.3, -0.25) is 4.79 Å². The first-order chi connectivity index (χ1) is 12.0. The molecule has 0 bridgehead atoms. The van der Waals surface area contributed by atoms with Crippen LogP contribution in [0, 0.1) is 18.3 Å². The number of benzene rings is 2. The van der Waals surface area contributed by atoms with Gasteiger partial charge in [0, 0.05) is 18.4 Å².